The van der Waals surface area contributed by atoms with Crippen molar-refractivity contribution in [1.82, 2.24) is 10.6 Å². The first-order chi connectivity index (χ1) is 15.8. The number of carbonyl (C=O) groups excluding carboxylic acids is 3. The van der Waals surface area contributed by atoms with Crippen molar-refractivity contribution in [2.45, 2.75) is 57.5 Å². The average Bonchev–Trinajstić information content (AvgIpc) is 2.82. The van der Waals surface area contributed by atoms with Crippen LogP contribution >= 0.6 is 0 Å². The maximum absolute atomic E-state index is 13.4. The predicted molar refractivity (Wildman–Crippen MR) is 127 cm³/mol. The third-order valence-corrected chi connectivity index (χ3v) is 6.79. The van der Waals surface area contributed by atoms with Crippen LogP contribution in [-0.4, -0.2) is 37.5 Å². The summed E-state index contributed by atoms with van der Waals surface area (Å²) in [4.78, 5) is 37.2. The number of benzene rings is 1. The molecular formula is C26H35N3O4. The first-order valence-electron chi connectivity index (χ1n) is 11.6. The molecule has 1 aromatic carbocycles. The van der Waals surface area contributed by atoms with E-state index in [1.54, 1.807) is 0 Å². The highest BCUT2D eigenvalue weighted by Gasteiger charge is 2.40. The molecule has 0 radical (unpaired) electrons. The first kappa shape index (κ1) is 24.7. The minimum absolute atomic E-state index is 0.0361. The van der Waals surface area contributed by atoms with Crippen molar-refractivity contribution in [2.24, 2.45) is 17.1 Å². The van der Waals surface area contributed by atoms with Crippen LogP contribution in [0.15, 0.2) is 48.6 Å². The highest BCUT2D eigenvalue weighted by atomic mass is 16.5. The average molecular weight is 454 g/mol. The minimum atomic E-state index is -0.758. The summed E-state index contributed by atoms with van der Waals surface area (Å²) in [6.07, 6.45) is 12.2. The van der Waals surface area contributed by atoms with Gasteiger partial charge in [-0.25, -0.2) is 0 Å². The van der Waals surface area contributed by atoms with E-state index in [9.17, 15) is 14.4 Å². The zero-order valence-corrected chi connectivity index (χ0v) is 19.5. The molecule has 1 saturated carbocycles. The Morgan fingerprint density at radius 2 is 1.88 bits per heavy atom. The van der Waals surface area contributed by atoms with E-state index in [1.807, 2.05) is 55.5 Å². The van der Waals surface area contributed by atoms with Gasteiger partial charge in [0, 0.05) is 25.0 Å². The zero-order chi connectivity index (χ0) is 23.8. The molecule has 4 atom stereocenters. The summed E-state index contributed by atoms with van der Waals surface area (Å²) in [5, 5.41) is 5.80. The fourth-order valence-corrected chi connectivity index (χ4v) is 4.88. The Morgan fingerprint density at radius 3 is 2.52 bits per heavy atom. The van der Waals surface area contributed by atoms with Gasteiger partial charge in [0.2, 0.25) is 17.7 Å². The van der Waals surface area contributed by atoms with Gasteiger partial charge in [-0.3, -0.25) is 14.4 Å². The fraction of sp³-hybridized carbons (Fsp3) is 0.500. The van der Waals surface area contributed by atoms with Gasteiger partial charge in [0.15, 0.2) is 0 Å². The van der Waals surface area contributed by atoms with Crippen molar-refractivity contribution in [3.8, 4) is 0 Å². The summed E-state index contributed by atoms with van der Waals surface area (Å²) >= 11 is 0. The number of primary amides is 1. The van der Waals surface area contributed by atoms with Crippen molar-refractivity contribution >= 4 is 17.7 Å². The molecule has 0 aromatic heterocycles. The van der Waals surface area contributed by atoms with E-state index in [0.29, 0.717) is 13.0 Å². The van der Waals surface area contributed by atoms with Crippen LogP contribution in [0.1, 0.15) is 56.1 Å². The van der Waals surface area contributed by atoms with E-state index >= 15 is 0 Å². The Morgan fingerprint density at radius 1 is 1.15 bits per heavy atom. The molecule has 3 amide bonds. The molecule has 7 nitrogen and oxygen atoms in total. The van der Waals surface area contributed by atoms with Crippen LogP contribution in [0.4, 0.5) is 0 Å². The molecule has 0 saturated heterocycles. The number of rotatable bonds is 9. The van der Waals surface area contributed by atoms with Crippen LogP contribution in [0, 0.1) is 11.3 Å². The molecule has 0 aliphatic heterocycles. The second-order valence-electron chi connectivity index (χ2n) is 9.29. The predicted octanol–water partition coefficient (Wildman–Crippen LogP) is 2.72. The fourth-order valence-electron chi connectivity index (χ4n) is 4.88. The molecule has 7 heteroatoms. The SMILES string of the molecule is COCC(=O)NCc1ccc(C2CCCCC2C(=O)N[C@H](C(N)=O)C2(C)C=CC=CC2)cc1. The summed E-state index contributed by atoms with van der Waals surface area (Å²) in [5.41, 5.74) is 7.27. The second-order valence-corrected chi connectivity index (χ2v) is 9.29. The topological polar surface area (TPSA) is 111 Å². The van der Waals surface area contributed by atoms with Crippen molar-refractivity contribution in [3.63, 3.8) is 0 Å². The molecule has 178 valence electrons. The smallest absolute Gasteiger partial charge is 0.246 e. The Hall–Kier alpha value is -2.93. The lowest BCUT2D eigenvalue weighted by molar-refractivity contribution is -0.133. The molecule has 2 aliphatic carbocycles. The lowest BCUT2D eigenvalue weighted by Crippen LogP contribution is -2.55. The van der Waals surface area contributed by atoms with Crippen molar-refractivity contribution in [3.05, 3.63) is 59.7 Å². The lowest BCUT2D eigenvalue weighted by Gasteiger charge is -2.37. The van der Waals surface area contributed by atoms with E-state index in [1.165, 1.54) is 7.11 Å². The maximum atomic E-state index is 13.4. The van der Waals surface area contributed by atoms with Gasteiger partial charge in [0.05, 0.1) is 0 Å². The first-order valence-corrected chi connectivity index (χ1v) is 11.6. The molecule has 0 spiro atoms. The summed E-state index contributed by atoms with van der Waals surface area (Å²) in [7, 11) is 1.49. The van der Waals surface area contributed by atoms with Gasteiger partial charge in [-0.2, -0.15) is 0 Å². The Labute approximate surface area is 195 Å². The minimum Gasteiger partial charge on any atom is -0.375 e. The van der Waals surface area contributed by atoms with Crippen LogP contribution in [0.3, 0.4) is 0 Å². The molecule has 0 bridgehead atoms. The zero-order valence-electron chi connectivity index (χ0n) is 19.5. The number of allylic oxidation sites excluding steroid dienone is 3. The maximum Gasteiger partial charge on any atom is 0.246 e. The summed E-state index contributed by atoms with van der Waals surface area (Å²) in [6, 6.07) is 7.29. The van der Waals surface area contributed by atoms with Crippen LogP contribution in [0.2, 0.25) is 0 Å². The second kappa shape index (κ2) is 11.3. The van der Waals surface area contributed by atoms with Crippen LogP contribution < -0.4 is 16.4 Å². The number of ether oxygens (including phenoxy) is 1. The van der Waals surface area contributed by atoms with Crippen LogP contribution in [-0.2, 0) is 25.7 Å². The van der Waals surface area contributed by atoms with Gasteiger partial charge >= 0.3 is 0 Å². The summed E-state index contributed by atoms with van der Waals surface area (Å²) < 4.78 is 4.83. The van der Waals surface area contributed by atoms with Gasteiger partial charge in [0.25, 0.3) is 0 Å². The van der Waals surface area contributed by atoms with Crippen molar-refractivity contribution in [2.75, 3.05) is 13.7 Å². The standard InChI is InChI=1S/C26H35N3O4/c1-26(14-6-3-7-15-26)23(24(27)31)29-25(32)21-9-5-4-8-20(21)19-12-10-18(11-13-19)16-28-22(30)17-33-2/h3,6-7,10-14,20-21,23H,4-5,8-9,15-17H2,1-2H3,(H2,27,31)(H,28,30)(H,29,32)/t20?,21?,23-,26?/m1/s1. The van der Waals surface area contributed by atoms with Crippen LogP contribution in [0.25, 0.3) is 0 Å². The summed E-state index contributed by atoms with van der Waals surface area (Å²) in [5.74, 6) is -0.910. The molecule has 2 aliphatic rings. The Balaban J connectivity index is 1.69. The number of hydrogen-bond acceptors (Lipinski definition) is 4. The van der Waals surface area contributed by atoms with Gasteiger partial charge in [-0.1, -0.05) is 68.3 Å². The molecule has 3 rings (SSSR count). The number of nitrogens with one attached hydrogen (secondary N) is 2. The van der Waals surface area contributed by atoms with E-state index < -0.39 is 17.4 Å². The molecule has 1 fully saturated rings. The molecule has 4 N–H and O–H groups in total. The number of hydrogen-bond donors (Lipinski definition) is 3. The molecule has 0 heterocycles. The highest BCUT2D eigenvalue weighted by Crippen LogP contribution is 2.39. The third-order valence-electron chi connectivity index (χ3n) is 6.79. The van der Waals surface area contributed by atoms with Gasteiger partial charge in [-0.05, 0) is 36.3 Å². The van der Waals surface area contributed by atoms with Gasteiger partial charge in [-0.15, -0.1) is 0 Å². The number of amides is 3. The number of nitrogens with two attached hydrogens (primary N) is 1. The number of carbonyl (C=O) groups is 3. The van der Waals surface area contributed by atoms with Crippen molar-refractivity contribution in [1.29, 1.82) is 0 Å². The molecule has 33 heavy (non-hydrogen) atoms. The lowest BCUT2D eigenvalue weighted by atomic mass is 9.73. The Kier molecular flexibility index (Phi) is 8.44. The third kappa shape index (κ3) is 6.32. The van der Waals surface area contributed by atoms with E-state index in [4.69, 9.17) is 10.5 Å². The van der Waals surface area contributed by atoms with Crippen LogP contribution in [0.5, 0.6) is 0 Å². The number of methoxy groups -OCH3 is 1. The van der Waals surface area contributed by atoms with Crippen molar-refractivity contribution < 1.29 is 19.1 Å². The monoisotopic (exact) mass is 453 g/mol. The quantitative estimate of drug-likeness (QED) is 0.534. The normalized spacial score (nSPS) is 25.3. The van der Waals surface area contributed by atoms with Gasteiger partial charge < -0.3 is 21.1 Å². The highest BCUT2D eigenvalue weighted by molar-refractivity contribution is 5.89. The van der Waals surface area contributed by atoms with E-state index in [-0.39, 0.29) is 30.3 Å². The molecular weight excluding hydrogens is 418 g/mol. The molecule has 1 aromatic rings. The van der Waals surface area contributed by atoms with E-state index in [2.05, 4.69) is 10.6 Å². The largest absolute Gasteiger partial charge is 0.375 e. The summed E-state index contributed by atoms with van der Waals surface area (Å²) in [6.45, 7) is 2.41. The van der Waals surface area contributed by atoms with E-state index in [0.717, 1.165) is 36.8 Å². The Bertz CT molecular complexity index is 909. The molecule has 3 unspecified atom stereocenters. The van der Waals surface area contributed by atoms with Gasteiger partial charge in [0.1, 0.15) is 12.6 Å².